The lowest BCUT2D eigenvalue weighted by molar-refractivity contribution is -0.122. The van der Waals surface area contributed by atoms with Crippen molar-refractivity contribution in [2.24, 2.45) is 5.92 Å². The van der Waals surface area contributed by atoms with Crippen LogP contribution in [0.1, 0.15) is 18.9 Å². The summed E-state index contributed by atoms with van der Waals surface area (Å²) >= 11 is 12.0. The summed E-state index contributed by atoms with van der Waals surface area (Å²) in [5.74, 6) is -0.677. The largest absolute Gasteiger partial charge is 0.326 e. The Morgan fingerprint density at radius 1 is 1.16 bits per heavy atom. The van der Waals surface area contributed by atoms with Crippen LogP contribution in [0.2, 0.25) is 10.0 Å². The number of rotatable bonds is 4. The maximum atomic E-state index is 12.5. The van der Waals surface area contributed by atoms with E-state index < -0.39 is 5.92 Å². The van der Waals surface area contributed by atoms with E-state index in [1.165, 1.54) is 5.56 Å². The fourth-order valence-corrected chi connectivity index (χ4v) is 3.41. The average molecular weight is 377 g/mol. The molecule has 1 fully saturated rings. The van der Waals surface area contributed by atoms with Gasteiger partial charge in [-0.2, -0.15) is 0 Å². The average Bonchev–Trinajstić information content (AvgIpc) is 2.97. The summed E-state index contributed by atoms with van der Waals surface area (Å²) in [6.07, 6.45) is 1.12. The highest BCUT2D eigenvalue weighted by Gasteiger charge is 2.35. The molecule has 1 unspecified atom stereocenters. The van der Waals surface area contributed by atoms with Gasteiger partial charge < -0.3 is 10.2 Å². The van der Waals surface area contributed by atoms with Gasteiger partial charge in [-0.05, 0) is 42.3 Å². The van der Waals surface area contributed by atoms with Crippen molar-refractivity contribution in [3.05, 3.63) is 58.1 Å². The summed E-state index contributed by atoms with van der Waals surface area (Å²) in [5.41, 5.74) is 2.56. The van der Waals surface area contributed by atoms with Crippen LogP contribution in [0, 0.1) is 5.92 Å². The smallest absolute Gasteiger partial charge is 0.229 e. The minimum Gasteiger partial charge on any atom is -0.326 e. The van der Waals surface area contributed by atoms with Crippen LogP contribution in [0.3, 0.4) is 0 Å². The molecule has 0 aliphatic carbocycles. The monoisotopic (exact) mass is 376 g/mol. The van der Waals surface area contributed by atoms with E-state index in [9.17, 15) is 9.59 Å². The van der Waals surface area contributed by atoms with Gasteiger partial charge in [0.1, 0.15) is 0 Å². The number of carbonyl (C=O) groups excluding carboxylic acids is 2. The van der Waals surface area contributed by atoms with Crippen molar-refractivity contribution in [1.82, 2.24) is 0 Å². The minimum atomic E-state index is -0.406. The molecular weight excluding hydrogens is 359 g/mol. The summed E-state index contributed by atoms with van der Waals surface area (Å²) in [6.45, 7) is 2.39. The third-order valence-corrected chi connectivity index (χ3v) is 4.72. The van der Waals surface area contributed by atoms with Crippen molar-refractivity contribution in [3.8, 4) is 0 Å². The van der Waals surface area contributed by atoms with Gasteiger partial charge in [-0.3, -0.25) is 9.59 Å². The van der Waals surface area contributed by atoms with Crippen LogP contribution in [0.15, 0.2) is 42.5 Å². The van der Waals surface area contributed by atoms with Gasteiger partial charge in [0, 0.05) is 34.4 Å². The molecule has 0 radical (unpaired) electrons. The standard InChI is InChI=1S/C19H18Cl2N2O2/c1-2-12-3-5-16(6-4-12)22-19(25)13-7-18(24)23(11-13)17-9-14(20)8-15(21)10-17/h3-6,8-10,13H,2,7,11H2,1H3,(H,22,25). The molecule has 1 saturated heterocycles. The molecular formula is C19H18Cl2N2O2. The molecule has 2 amide bonds. The predicted octanol–water partition coefficient (Wildman–Crippen LogP) is 4.55. The van der Waals surface area contributed by atoms with E-state index in [-0.39, 0.29) is 18.2 Å². The maximum Gasteiger partial charge on any atom is 0.229 e. The lowest BCUT2D eigenvalue weighted by Crippen LogP contribution is -2.28. The molecule has 130 valence electrons. The van der Waals surface area contributed by atoms with Crippen molar-refractivity contribution < 1.29 is 9.59 Å². The number of carbonyl (C=O) groups is 2. The third-order valence-electron chi connectivity index (χ3n) is 4.28. The SMILES string of the molecule is CCc1ccc(NC(=O)C2CC(=O)N(c3cc(Cl)cc(Cl)c3)C2)cc1. The zero-order chi connectivity index (χ0) is 18.0. The first-order valence-corrected chi connectivity index (χ1v) is 8.88. The van der Waals surface area contributed by atoms with Gasteiger partial charge in [-0.1, -0.05) is 42.3 Å². The van der Waals surface area contributed by atoms with E-state index in [0.717, 1.165) is 12.1 Å². The van der Waals surface area contributed by atoms with Crippen molar-refractivity contribution in [2.45, 2.75) is 19.8 Å². The Kier molecular flexibility index (Phi) is 5.30. The van der Waals surface area contributed by atoms with E-state index in [4.69, 9.17) is 23.2 Å². The van der Waals surface area contributed by atoms with Crippen molar-refractivity contribution in [2.75, 3.05) is 16.8 Å². The summed E-state index contributed by atoms with van der Waals surface area (Å²) in [7, 11) is 0. The van der Waals surface area contributed by atoms with E-state index in [0.29, 0.717) is 22.3 Å². The Balaban J connectivity index is 1.69. The lowest BCUT2D eigenvalue weighted by Gasteiger charge is -2.17. The number of amides is 2. The molecule has 0 bridgehead atoms. The van der Waals surface area contributed by atoms with E-state index in [2.05, 4.69) is 12.2 Å². The van der Waals surface area contributed by atoms with Crippen LogP contribution >= 0.6 is 23.2 Å². The van der Waals surface area contributed by atoms with Gasteiger partial charge in [0.15, 0.2) is 0 Å². The number of benzene rings is 2. The molecule has 2 aromatic carbocycles. The highest BCUT2D eigenvalue weighted by atomic mass is 35.5. The number of anilines is 2. The second-order valence-electron chi connectivity index (χ2n) is 6.07. The van der Waals surface area contributed by atoms with Crippen molar-refractivity contribution in [3.63, 3.8) is 0 Å². The summed E-state index contributed by atoms with van der Waals surface area (Å²) in [5, 5.41) is 3.80. The first-order chi connectivity index (χ1) is 12.0. The van der Waals surface area contributed by atoms with Gasteiger partial charge in [-0.15, -0.1) is 0 Å². The Bertz CT molecular complexity index is 785. The molecule has 1 N–H and O–H groups in total. The summed E-state index contributed by atoms with van der Waals surface area (Å²) in [4.78, 5) is 26.3. The number of nitrogens with zero attached hydrogens (tertiary/aromatic N) is 1. The second kappa shape index (κ2) is 7.46. The maximum absolute atomic E-state index is 12.5. The van der Waals surface area contributed by atoms with Crippen LogP contribution in [-0.2, 0) is 16.0 Å². The highest BCUT2D eigenvalue weighted by molar-refractivity contribution is 6.35. The molecule has 1 heterocycles. The Hall–Kier alpha value is -2.04. The fraction of sp³-hybridized carbons (Fsp3) is 0.263. The molecule has 2 aromatic rings. The van der Waals surface area contributed by atoms with Gasteiger partial charge in [0.25, 0.3) is 0 Å². The Morgan fingerprint density at radius 3 is 2.40 bits per heavy atom. The van der Waals surface area contributed by atoms with Gasteiger partial charge >= 0.3 is 0 Å². The molecule has 4 nitrogen and oxygen atoms in total. The molecule has 0 saturated carbocycles. The predicted molar refractivity (Wildman–Crippen MR) is 101 cm³/mol. The number of hydrogen-bond acceptors (Lipinski definition) is 2. The normalized spacial score (nSPS) is 17.0. The van der Waals surface area contributed by atoms with Crippen LogP contribution in [0.25, 0.3) is 0 Å². The zero-order valence-electron chi connectivity index (χ0n) is 13.8. The van der Waals surface area contributed by atoms with Crippen LogP contribution in [0.5, 0.6) is 0 Å². The molecule has 6 heteroatoms. The summed E-state index contributed by atoms with van der Waals surface area (Å²) in [6, 6.07) is 12.7. The van der Waals surface area contributed by atoms with Gasteiger partial charge in [-0.25, -0.2) is 0 Å². The third kappa shape index (κ3) is 4.14. The number of hydrogen-bond donors (Lipinski definition) is 1. The van der Waals surface area contributed by atoms with Gasteiger partial charge in [0.2, 0.25) is 11.8 Å². The molecule has 1 atom stereocenters. The molecule has 1 aliphatic heterocycles. The molecule has 0 spiro atoms. The van der Waals surface area contributed by atoms with Crippen LogP contribution < -0.4 is 10.2 Å². The Labute approximate surface area is 156 Å². The quantitative estimate of drug-likeness (QED) is 0.850. The highest BCUT2D eigenvalue weighted by Crippen LogP contribution is 2.30. The number of aryl methyl sites for hydroxylation is 1. The van der Waals surface area contributed by atoms with Crippen LogP contribution in [-0.4, -0.2) is 18.4 Å². The molecule has 25 heavy (non-hydrogen) atoms. The Morgan fingerprint density at radius 2 is 1.80 bits per heavy atom. The minimum absolute atomic E-state index is 0.111. The number of halogens is 2. The van der Waals surface area contributed by atoms with Crippen LogP contribution in [0.4, 0.5) is 11.4 Å². The number of nitrogens with one attached hydrogen (secondary N) is 1. The topological polar surface area (TPSA) is 49.4 Å². The van der Waals surface area contributed by atoms with E-state index >= 15 is 0 Å². The summed E-state index contributed by atoms with van der Waals surface area (Å²) < 4.78 is 0. The van der Waals surface area contributed by atoms with E-state index in [1.54, 1.807) is 23.1 Å². The first-order valence-electron chi connectivity index (χ1n) is 8.12. The lowest BCUT2D eigenvalue weighted by atomic mass is 10.1. The molecule has 1 aliphatic rings. The first kappa shape index (κ1) is 17.8. The molecule has 0 aromatic heterocycles. The fourth-order valence-electron chi connectivity index (χ4n) is 2.90. The molecule has 3 rings (SSSR count). The van der Waals surface area contributed by atoms with Crippen molar-refractivity contribution in [1.29, 1.82) is 0 Å². The van der Waals surface area contributed by atoms with Crippen molar-refractivity contribution >= 4 is 46.4 Å². The van der Waals surface area contributed by atoms with Gasteiger partial charge in [0.05, 0.1) is 5.92 Å². The van der Waals surface area contributed by atoms with E-state index in [1.807, 2.05) is 24.3 Å². The second-order valence-corrected chi connectivity index (χ2v) is 6.95. The zero-order valence-corrected chi connectivity index (χ0v) is 15.3.